The van der Waals surface area contributed by atoms with E-state index >= 15 is 0 Å². The summed E-state index contributed by atoms with van der Waals surface area (Å²) >= 11 is 0. The topological polar surface area (TPSA) is 77.4 Å². The predicted octanol–water partition coefficient (Wildman–Crippen LogP) is 0.256. The van der Waals surface area contributed by atoms with Crippen LogP contribution >= 0.6 is 7.60 Å². The average molecular weight is 227 g/mol. The van der Waals surface area contributed by atoms with Crippen molar-refractivity contribution >= 4 is 13.1 Å². The zero-order valence-corrected chi connectivity index (χ0v) is 6.40. The van der Waals surface area contributed by atoms with Crippen molar-refractivity contribution in [3.63, 3.8) is 0 Å². The van der Waals surface area contributed by atoms with Gasteiger partial charge in [-0.05, 0) is 0 Å². The van der Waals surface area contributed by atoms with Gasteiger partial charge in [0.05, 0.1) is 0 Å². The van der Waals surface area contributed by atoms with Crippen LogP contribution in [-0.4, -0.2) is 22.5 Å². The van der Waals surface area contributed by atoms with Crippen molar-refractivity contribution in [3.05, 3.63) is 0 Å². The Morgan fingerprint density at radius 1 is 1.23 bits per heavy atom. The van der Waals surface area contributed by atoms with E-state index in [0.717, 1.165) is 0 Å². The molecule has 78 valence electrons. The Balaban J connectivity index is 5.10. The Morgan fingerprint density at radius 2 is 1.54 bits per heavy atom. The van der Waals surface area contributed by atoms with E-state index in [-0.39, 0.29) is 0 Å². The fourth-order valence-electron chi connectivity index (χ4n) is 0.299. The van der Waals surface area contributed by atoms with Gasteiger partial charge < -0.3 is 14.4 Å². The lowest BCUT2D eigenvalue weighted by Gasteiger charge is -2.22. The molecule has 0 heterocycles. The summed E-state index contributed by atoms with van der Waals surface area (Å²) in [7, 11) is -6.33. The summed E-state index contributed by atoms with van der Waals surface area (Å²) in [4.78, 5) is 27.2. The highest BCUT2D eigenvalue weighted by Crippen LogP contribution is 2.46. The summed E-state index contributed by atoms with van der Waals surface area (Å²) in [6.07, 6.45) is -6.34. The van der Waals surface area contributed by atoms with Gasteiger partial charge in [0.1, 0.15) is 0 Å². The van der Waals surface area contributed by atoms with Gasteiger partial charge in [-0.2, -0.15) is 22.0 Å². The quantitative estimate of drug-likeness (QED) is 0.542. The molecule has 0 radical (unpaired) electrons. The molecule has 1 unspecified atom stereocenters. The summed E-state index contributed by atoms with van der Waals surface area (Å²) < 4.78 is 67.1. The van der Waals surface area contributed by atoms with Gasteiger partial charge in [0.15, 0.2) is 0 Å². The molecule has 4 nitrogen and oxygen atoms in total. The predicted molar refractivity (Wildman–Crippen MR) is 25.8 cm³/mol. The van der Waals surface area contributed by atoms with Gasteiger partial charge in [-0.15, -0.1) is 0 Å². The second-order valence-corrected chi connectivity index (χ2v) is 3.34. The molecule has 1 N–H and O–H groups in total. The van der Waals surface area contributed by atoms with E-state index in [2.05, 4.69) is 0 Å². The van der Waals surface area contributed by atoms with Crippen LogP contribution in [-0.2, 0) is 9.36 Å². The largest absolute Gasteiger partial charge is 0.773 e. The van der Waals surface area contributed by atoms with Crippen molar-refractivity contribution in [2.45, 2.75) is 12.1 Å². The number of alkyl halides is 5. The Morgan fingerprint density at radius 3 is 1.62 bits per heavy atom. The van der Waals surface area contributed by atoms with Gasteiger partial charge in [0.2, 0.25) is 7.60 Å². The van der Waals surface area contributed by atoms with Crippen LogP contribution < -0.4 is 4.89 Å². The lowest BCUT2D eigenvalue weighted by molar-refractivity contribution is -0.270. The van der Waals surface area contributed by atoms with Crippen molar-refractivity contribution in [2.75, 3.05) is 0 Å². The molecule has 0 saturated carbocycles. The third-order valence-corrected chi connectivity index (χ3v) is 1.68. The summed E-state index contributed by atoms with van der Waals surface area (Å²) in [5, 5.41) is 0. The van der Waals surface area contributed by atoms with Crippen LogP contribution in [0.25, 0.3) is 0 Å². The fourth-order valence-corrected chi connectivity index (χ4v) is 0.780. The monoisotopic (exact) mass is 227 g/mol. The van der Waals surface area contributed by atoms with Crippen molar-refractivity contribution < 1.29 is 41.1 Å². The average Bonchev–Trinajstić information content (AvgIpc) is 1.81. The molecular formula is C3HF5O4P-. The highest BCUT2D eigenvalue weighted by Gasteiger charge is 2.65. The highest BCUT2D eigenvalue weighted by molar-refractivity contribution is 7.69. The van der Waals surface area contributed by atoms with E-state index in [4.69, 9.17) is 4.89 Å². The number of carbonyl (C=O) groups excluding carboxylic acids is 1. The molecule has 13 heavy (non-hydrogen) atoms. The second kappa shape index (κ2) is 3.00. The van der Waals surface area contributed by atoms with E-state index in [1.54, 1.807) is 0 Å². The Hall–Kier alpha value is -0.530. The fraction of sp³-hybridized carbons (Fsp3) is 0.667. The maximum absolute atomic E-state index is 11.8. The Labute approximate surface area is 67.5 Å². The molecule has 0 aliphatic carbocycles. The van der Waals surface area contributed by atoms with E-state index in [1.165, 1.54) is 0 Å². The van der Waals surface area contributed by atoms with Crippen LogP contribution in [0.5, 0.6) is 0 Å². The number of hydrogen-bond donors (Lipinski definition) is 1. The van der Waals surface area contributed by atoms with Gasteiger partial charge in [-0.25, -0.2) is 0 Å². The van der Waals surface area contributed by atoms with E-state index in [0.29, 0.717) is 0 Å². The van der Waals surface area contributed by atoms with E-state index < -0.39 is 25.2 Å². The first-order valence-electron chi connectivity index (χ1n) is 2.44. The normalized spacial score (nSPS) is 18.1. The van der Waals surface area contributed by atoms with Gasteiger partial charge in [0, 0.05) is 0 Å². The third kappa shape index (κ3) is 2.45. The molecule has 0 aromatic heterocycles. The molecule has 0 amide bonds. The minimum absolute atomic E-state index is 3.56. The summed E-state index contributed by atoms with van der Waals surface area (Å²) in [5.41, 5.74) is -3.56. The maximum Gasteiger partial charge on any atom is 0.461 e. The molecule has 1 atom stereocenters. The van der Waals surface area contributed by atoms with Crippen LogP contribution in [0.15, 0.2) is 0 Å². The molecule has 0 rings (SSSR count). The minimum atomic E-state index is -6.34. The van der Waals surface area contributed by atoms with Crippen molar-refractivity contribution in [1.29, 1.82) is 0 Å². The number of carbonyl (C=O) groups is 1. The lowest BCUT2D eigenvalue weighted by atomic mass is 10.4. The standard InChI is InChI=1S/C3H2F5O4P/c4-2(5,3(6,7)8)1(9)13(10,11)12/h(H2,10,11,12)/p-1. The molecule has 0 aliphatic heterocycles. The van der Waals surface area contributed by atoms with Gasteiger partial charge in [-0.1, -0.05) is 0 Å². The van der Waals surface area contributed by atoms with Crippen molar-refractivity contribution in [1.82, 2.24) is 0 Å². The Bertz CT molecular complexity index is 263. The molecule has 0 fully saturated rings. The van der Waals surface area contributed by atoms with Crippen molar-refractivity contribution in [2.24, 2.45) is 0 Å². The zero-order chi connectivity index (χ0) is 11.1. The molecule has 0 saturated heterocycles. The van der Waals surface area contributed by atoms with Gasteiger partial charge >= 0.3 is 12.1 Å². The SMILES string of the molecule is O=C(C(F)(F)C(F)(F)F)P(=O)([O-])O. The number of rotatable bonds is 2. The van der Waals surface area contributed by atoms with E-state index in [9.17, 15) is 36.2 Å². The smallest absolute Gasteiger partial charge is 0.461 e. The Kier molecular flexibility index (Phi) is 2.88. The molecule has 0 bridgehead atoms. The first-order chi connectivity index (χ1) is 5.40. The number of halogens is 5. The second-order valence-electron chi connectivity index (χ2n) is 1.90. The molecule has 0 aliphatic rings. The van der Waals surface area contributed by atoms with Crippen LogP contribution in [0.4, 0.5) is 22.0 Å². The van der Waals surface area contributed by atoms with Crippen molar-refractivity contribution in [3.8, 4) is 0 Å². The molecule has 0 aromatic rings. The first kappa shape index (κ1) is 12.5. The molecular weight excluding hydrogens is 226 g/mol. The third-order valence-electron chi connectivity index (χ3n) is 0.881. The number of hydrogen-bond acceptors (Lipinski definition) is 3. The van der Waals surface area contributed by atoms with Gasteiger partial charge in [-0.3, -0.25) is 4.79 Å². The summed E-state index contributed by atoms with van der Waals surface area (Å²) in [5.74, 6) is -6.08. The molecule has 10 heteroatoms. The maximum atomic E-state index is 11.8. The lowest BCUT2D eigenvalue weighted by Crippen LogP contribution is -2.45. The molecule has 0 aromatic carbocycles. The zero-order valence-electron chi connectivity index (χ0n) is 5.51. The minimum Gasteiger partial charge on any atom is -0.773 e. The molecule has 0 spiro atoms. The van der Waals surface area contributed by atoms with Crippen LogP contribution in [0.1, 0.15) is 0 Å². The van der Waals surface area contributed by atoms with Crippen LogP contribution in [0.3, 0.4) is 0 Å². The van der Waals surface area contributed by atoms with E-state index in [1.807, 2.05) is 0 Å². The summed E-state index contributed by atoms with van der Waals surface area (Å²) in [6, 6.07) is 0. The van der Waals surface area contributed by atoms with Crippen LogP contribution in [0, 0.1) is 0 Å². The highest BCUT2D eigenvalue weighted by atomic mass is 31.2. The van der Waals surface area contributed by atoms with Gasteiger partial charge in [0.25, 0.3) is 5.52 Å². The first-order valence-corrected chi connectivity index (χ1v) is 4.02. The van der Waals surface area contributed by atoms with Crippen LogP contribution in [0.2, 0.25) is 0 Å². The summed E-state index contributed by atoms with van der Waals surface area (Å²) in [6.45, 7) is 0.